The molecule has 0 spiro atoms. The van der Waals surface area contributed by atoms with E-state index in [9.17, 15) is 0 Å². The predicted octanol–water partition coefficient (Wildman–Crippen LogP) is 2.84. The molecule has 4 nitrogen and oxygen atoms in total. The van der Waals surface area contributed by atoms with Crippen molar-refractivity contribution in [2.24, 2.45) is 0 Å². The zero-order valence-corrected chi connectivity index (χ0v) is 13.7. The molecule has 0 amide bonds. The quantitative estimate of drug-likeness (QED) is 0.841. The fourth-order valence-corrected chi connectivity index (χ4v) is 3.27. The van der Waals surface area contributed by atoms with Crippen molar-refractivity contribution in [2.45, 2.75) is 44.8 Å². The van der Waals surface area contributed by atoms with E-state index in [1.807, 2.05) is 6.07 Å². The minimum atomic E-state index is -0.171. The maximum absolute atomic E-state index is 6.27. The van der Waals surface area contributed by atoms with E-state index < -0.39 is 0 Å². The van der Waals surface area contributed by atoms with Crippen LogP contribution in [0, 0.1) is 0 Å². The summed E-state index contributed by atoms with van der Waals surface area (Å²) in [5.74, 6) is 0. The summed E-state index contributed by atoms with van der Waals surface area (Å²) >= 11 is 6.27. The smallest absolute Gasteiger partial charge is 0.0881 e. The van der Waals surface area contributed by atoms with E-state index in [1.54, 1.807) is 12.4 Å². The molecule has 2 rings (SSSR count). The van der Waals surface area contributed by atoms with Gasteiger partial charge in [-0.25, -0.2) is 0 Å². The van der Waals surface area contributed by atoms with Crippen LogP contribution in [0.4, 0.5) is 0 Å². The lowest BCUT2D eigenvalue weighted by atomic mass is 9.82. The third-order valence-electron chi connectivity index (χ3n) is 4.14. The largest absolute Gasteiger partial charge is 0.381 e. The van der Waals surface area contributed by atoms with Crippen molar-refractivity contribution in [1.82, 2.24) is 10.3 Å². The third-order valence-corrected chi connectivity index (χ3v) is 4.48. The number of rotatable bonds is 7. The van der Waals surface area contributed by atoms with Gasteiger partial charge in [-0.3, -0.25) is 4.98 Å². The van der Waals surface area contributed by atoms with Gasteiger partial charge >= 0.3 is 0 Å². The third kappa shape index (κ3) is 4.16. The van der Waals surface area contributed by atoms with Crippen LogP contribution in [-0.4, -0.2) is 43.0 Å². The summed E-state index contributed by atoms with van der Waals surface area (Å²) in [5.41, 5.74) is 0.943. The molecule has 21 heavy (non-hydrogen) atoms. The maximum atomic E-state index is 6.27. The monoisotopic (exact) mass is 312 g/mol. The summed E-state index contributed by atoms with van der Waals surface area (Å²) in [6.45, 7) is 7.31. The molecule has 2 heterocycles. The van der Waals surface area contributed by atoms with E-state index in [2.05, 4.69) is 24.1 Å². The first kappa shape index (κ1) is 16.7. The van der Waals surface area contributed by atoms with E-state index >= 15 is 0 Å². The number of aromatic nitrogens is 1. The number of halogens is 1. The molecule has 1 aliphatic rings. The molecule has 1 aliphatic heterocycles. The number of hydrogen-bond acceptors (Lipinski definition) is 4. The standard InChI is InChI=1S/C16H25ClN2O2/c1-3-19-15(11-13-5-8-18-12-14(13)17)16(21-4-2)6-9-20-10-7-16/h5,8,12,15,19H,3-4,6-7,9-11H2,1-2H3. The van der Waals surface area contributed by atoms with Gasteiger partial charge in [-0.1, -0.05) is 18.5 Å². The molecule has 0 bridgehead atoms. The van der Waals surface area contributed by atoms with Crippen LogP contribution in [0.2, 0.25) is 5.02 Å². The molecule has 1 aromatic rings. The Morgan fingerprint density at radius 3 is 2.81 bits per heavy atom. The maximum Gasteiger partial charge on any atom is 0.0881 e. The minimum absolute atomic E-state index is 0.171. The molecule has 0 radical (unpaired) electrons. The molecule has 1 N–H and O–H groups in total. The Labute approximate surface area is 132 Å². The molecule has 0 saturated carbocycles. The topological polar surface area (TPSA) is 43.4 Å². The average Bonchev–Trinajstić information content (AvgIpc) is 2.50. The highest BCUT2D eigenvalue weighted by molar-refractivity contribution is 6.31. The molecule has 1 atom stereocenters. The Kier molecular flexibility index (Phi) is 6.42. The normalized spacial score (nSPS) is 19.4. The first-order valence-electron chi connectivity index (χ1n) is 7.75. The molecular formula is C16H25ClN2O2. The van der Waals surface area contributed by atoms with Crippen molar-refractivity contribution in [3.63, 3.8) is 0 Å². The van der Waals surface area contributed by atoms with Crippen LogP contribution in [0.25, 0.3) is 0 Å². The Balaban J connectivity index is 2.21. The van der Waals surface area contributed by atoms with E-state index in [4.69, 9.17) is 21.1 Å². The van der Waals surface area contributed by atoms with Crippen molar-refractivity contribution in [1.29, 1.82) is 0 Å². The van der Waals surface area contributed by atoms with Crippen LogP contribution in [0.15, 0.2) is 18.5 Å². The van der Waals surface area contributed by atoms with Gasteiger partial charge in [-0.2, -0.15) is 0 Å². The van der Waals surface area contributed by atoms with Crippen LogP contribution in [0.1, 0.15) is 32.3 Å². The first-order valence-corrected chi connectivity index (χ1v) is 8.13. The van der Waals surface area contributed by atoms with Gasteiger partial charge in [0.05, 0.1) is 10.6 Å². The Bertz CT molecular complexity index is 431. The molecule has 0 aromatic carbocycles. The first-order chi connectivity index (χ1) is 10.2. The second-order valence-electron chi connectivity index (χ2n) is 5.39. The summed E-state index contributed by atoms with van der Waals surface area (Å²) in [7, 11) is 0. The van der Waals surface area contributed by atoms with E-state index in [1.165, 1.54) is 0 Å². The van der Waals surface area contributed by atoms with Crippen LogP contribution in [0.3, 0.4) is 0 Å². The Morgan fingerprint density at radius 1 is 1.43 bits per heavy atom. The van der Waals surface area contributed by atoms with Crippen molar-refractivity contribution < 1.29 is 9.47 Å². The van der Waals surface area contributed by atoms with Crippen molar-refractivity contribution in [3.8, 4) is 0 Å². The lowest BCUT2D eigenvalue weighted by Crippen LogP contribution is -2.56. The average molecular weight is 313 g/mol. The number of nitrogens with zero attached hydrogens (tertiary/aromatic N) is 1. The van der Waals surface area contributed by atoms with Gasteiger partial charge in [0.15, 0.2) is 0 Å². The molecule has 1 aromatic heterocycles. The summed E-state index contributed by atoms with van der Waals surface area (Å²) in [6, 6.07) is 2.22. The summed E-state index contributed by atoms with van der Waals surface area (Å²) in [6.07, 6.45) is 6.18. The van der Waals surface area contributed by atoms with Gasteiger partial charge in [-0.05, 0) is 31.5 Å². The number of nitrogens with one attached hydrogen (secondary N) is 1. The van der Waals surface area contributed by atoms with Crippen molar-refractivity contribution >= 4 is 11.6 Å². The van der Waals surface area contributed by atoms with Gasteiger partial charge in [0.25, 0.3) is 0 Å². The SMILES string of the molecule is CCNC(Cc1ccncc1Cl)C1(OCC)CCOCC1. The molecule has 1 saturated heterocycles. The van der Waals surface area contributed by atoms with Crippen molar-refractivity contribution in [3.05, 3.63) is 29.0 Å². The number of likely N-dealkylation sites (N-methyl/N-ethyl adjacent to an activating group) is 1. The van der Waals surface area contributed by atoms with Gasteiger partial charge < -0.3 is 14.8 Å². The van der Waals surface area contributed by atoms with E-state index in [-0.39, 0.29) is 11.6 Å². The summed E-state index contributed by atoms with van der Waals surface area (Å²) in [4.78, 5) is 4.06. The van der Waals surface area contributed by atoms with Crippen molar-refractivity contribution in [2.75, 3.05) is 26.4 Å². The molecule has 1 fully saturated rings. The molecule has 1 unspecified atom stereocenters. The van der Waals surface area contributed by atoms with E-state index in [0.717, 1.165) is 49.6 Å². The lowest BCUT2D eigenvalue weighted by molar-refractivity contribution is -0.126. The van der Waals surface area contributed by atoms with Crippen LogP contribution >= 0.6 is 11.6 Å². The number of ether oxygens (including phenoxy) is 2. The van der Waals surface area contributed by atoms with E-state index in [0.29, 0.717) is 6.61 Å². The van der Waals surface area contributed by atoms with Gasteiger partial charge in [0, 0.05) is 51.1 Å². The van der Waals surface area contributed by atoms with Crippen LogP contribution in [-0.2, 0) is 15.9 Å². The van der Waals surface area contributed by atoms with Gasteiger partial charge in [-0.15, -0.1) is 0 Å². The highest BCUT2D eigenvalue weighted by atomic mass is 35.5. The zero-order chi connectivity index (χ0) is 15.1. The zero-order valence-electron chi connectivity index (χ0n) is 12.9. The molecule has 0 aliphatic carbocycles. The number of hydrogen-bond donors (Lipinski definition) is 1. The fraction of sp³-hybridized carbons (Fsp3) is 0.688. The second kappa shape index (κ2) is 8.08. The lowest BCUT2D eigenvalue weighted by Gasteiger charge is -2.43. The summed E-state index contributed by atoms with van der Waals surface area (Å²) < 4.78 is 11.7. The van der Waals surface area contributed by atoms with Gasteiger partial charge in [0.2, 0.25) is 0 Å². The highest BCUT2D eigenvalue weighted by Crippen LogP contribution is 2.32. The number of pyridine rings is 1. The molecule has 5 heteroatoms. The second-order valence-corrected chi connectivity index (χ2v) is 5.80. The Hall–Kier alpha value is -0.680. The fourth-order valence-electron chi connectivity index (χ4n) is 3.08. The molecular weight excluding hydrogens is 288 g/mol. The van der Waals surface area contributed by atoms with Gasteiger partial charge in [0.1, 0.15) is 0 Å². The predicted molar refractivity (Wildman–Crippen MR) is 84.8 cm³/mol. The Morgan fingerprint density at radius 2 is 2.19 bits per heavy atom. The minimum Gasteiger partial charge on any atom is -0.381 e. The van der Waals surface area contributed by atoms with Crippen LogP contribution < -0.4 is 5.32 Å². The summed E-state index contributed by atoms with van der Waals surface area (Å²) in [5, 5.41) is 4.32. The van der Waals surface area contributed by atoms with Crippen LogP contribution in [0.5, 0.6) is 0 Å². The molecule has 118 valence electrons. The highest BCUT2D eigenvalue weighted by Gasteiger charge is 2.41.